The van der Waals surface area contributed by atoms with Crippen molar-refractivity contribution in [2.75, 3.05) is 33.8 Å². The van der Waals surface area contributed by atoms with Crippen LogP contribution in [-0.2, 0) is 13.0 Å². The molecule has 0 aliphatic heterocycles. The number of nitrogens with zero attached hydrogens (tertiary/aromatic N) is 4. The maximum atomic E-state index is 12.5. The lowest BCUT2D eigenvalue weighted by molar-refractivity contribution is -0.385. The molecule has 3 aromatic rings. The molecule has 1 amide bonds. The van der Waals surface area contributed by atoms with Gasteiger partial charge in [-0.2, -0.15) is 0 Å². The van der Waals surface area contributed by atoms with Gasteiger partial charge in [0.1, 0.15) is 5.82 Å². The Balaban J connectivity index is 1.70. The van der Waals surface area contributed by atoms with Gasteiger partial charge in [0.15, 0.2) is 5.75 Å². The Morgan fingerprint density at radius 1 is 1.26 bits per heavy atom. The summed E-state index contributed by atoms with van der Waals surface area (Å²) in [6.07, 6.45) is 0.549. The van der Waals surface area contributed by atoms with E-state index in [0.717, 1.165) is 29.9 Å². The number of amides is 1. The number of ether oxygens (including phenoxy) is 1. The van der Waals surface area contributed by atoms with Crippen molar-refractivity contribution >= 4 is 22.6 Å². The Morgan fingerprint density at radius 2 is 2.03 bits per heavy atom. The van der Waals surface area contributed by atoms with Gasteiger partial charge >= 0.3 is 5.69 Å². The fraction of sp³-hybridized carbons (Fsp3) is 0.364. The summed E-state index contributed by atoms with van der Waals surface area (Å²) in [4.78, 5) is 30.1. The van der Waals surface area contributed by atoms with E-state index in [2.05, 4.69) is 14.8 Å². The van der Waals surface area contributed by atoms with Gasteiger partial charge in [0.05, 0.1) is 22.6 Å². The van der Waals surface area contributed by atoms with Gasteiger partial charge in [-0.25, -0.2) is 4.98 Å². The van der Waals surface area contributed by atoms with Gasteiger partial charge < -0.3 is 19.5 Å². The molecular formula is C22H27N5O4. The predicted octanol–water partition coefficient (Wildman–Crippen LogP) is 2.88. The number of imidazole rings is 1. The Bertz CT molecular complexity index is 1080. The van der Waals surface area contributed by atoms with Crippen LogP contribution < -0.4 is 10.1 Å². The summed E-state index contributed by atoms with van der Waals surface area (Å²) in [5, 5.41) is 14.1. The second-order valence-corrected chi connectivity index (χ2v) is 7.35. The van der Waals surface area contributed by atoms with E-state index in [9.17, 15) is 14.9 Å². The zero-order chi connectivity index (χ0) is 22.4. The summed E-state index contributed by atoms with van der Waals surface area (Å²) in [5.74, 6) is 0.668. The third-order valence-corrected chi connectivity index (χ3v) is 4.86. The molecule has 0 spiro atoms. The number of rotatable bonds is 10. The lowest BCUT2D eigenvalue weighted by atomic mass is 10.1. The number of nitro groups is 1. The molecule has 0 atom stereocenters. The van der Waals surface area contributed by atoms with Crippen LogP contribution in [0.25, 0.3) is 11.0 Å². The minimum absolute atomic E-state index is 0.152. The molecule has 0 saturated carbocycles. The number of para-hydroxylation sites is 2. The van der Waals surface area contributed by atoms with E-state index in [1.807, 2.05) is 38.4 Å². The third kappa shape index (κ3) is 5.37. The van der Waals surface area contributed by atoms with E-state index in [0.29, 0.717) is 19.6 Å². The predicted molar refractivity (Wildman–Crippen MR) is 119 cm³/mol. The van der Waals surface area contributed by atoms with Crippen molar-refractivity contribution in [2.24, 2.45) is 0 Å². The first kappa shape index (κ1) is 22.2. The fourth-order valence-corrected chi connectivity index (χ4v) is 3.33. The molecule has 31 heavy (non-hydrogen) atoms. The van der Waals surface area contributed by atoms with E-state index < -0.39 is 4.92 Å². The maximum absolute atomic E-state index is 12.5. The molecule has 9 heteroatoms. The molecule has 164 valence electrons. The second-order valence-electron chi connectivity index (χ2n) is 7.35. The topological polar surface area (TPSA) is 103 Å². The normalized spacial score (nSPS) is 11.1. The fourth-order valence-electron chi connectivity index (χ4n) is 3.33. The van der Waals surface area contributed by atoms with E-state index in [4.69, 9.17) is 9.72 Å². The zero-order valence-corrected chi connectivity index (χ0v) is 18.0. The highest BCUT2D eigenvalue weighted by molar-refractivity contribution is 5.95. The van der Waals surface area contributed by atoms with Crippen molar-refractivity contribution in [1.82, 2.24) is 19.8 Å². The standard InChI is InChI=1S/C22H27N5O4/c1-4-31-20-10-9-16(15-19(20)27(29)30)22(28)23-12-11-21-24-17-7-5-6-8-18(17)26(21)14-13-25(2)3/h5-10,15H,4,11-14H2,1-3H3,(H,23,28). The van der Waals surface area contributed by atoms with Crippen LogP contribution in [0.2, 0.25) is 0 Å². The van der Waals surface area contributed by atoms with E-state index >= 15 is 0 Å². The minimum Gasteiger partial charge on any atom is -0.487 e. The average Bonchev–Trinajstić information content (AvgIpc) is 3.09. The molecule has 9 nitrogen and oxygen atoms in total. The van der Waals surface area contributed by atoms with E-state index in [1.54, 1.807) is 6.92 Å². The molecule has 0 radical (unpaired) electrons. The molecule has 3 rings (SSSR count). The number of carbonyl (C=O) groups excluding carboxylic acids is 1. The van der Waals surface area contributed by atoms with Crippen LogP contribution in [0.4, 0.5) is 5.69 Å². The van der Waals surface area contributed by atoms with Gasteiger partial charge in [0.25, 0.3) is 5.91 Å². The molecule has 1 N–H and O–H groups in total. The van der Waals surface area contributed by atoms with E-state index in [-0.39, 0.29) is 22.9 Å². The lowest BCUT2D eigenvalue weighted by Crippen LogP contribution is -2.27. The number of likely N-dealkylation sites (N-methyl/N-ethyl adjacent to an activating group) is 1. The Labute approximate surface area is 180 Å². The monoisotopic (exact) mass is 425 g/mol. The van der Waals surface area contributed by atoms with Crippen LogP contribution >= 0.6 is 0 Å². The van der Waals surface area contributed by atoms with Crippen molar-refractivity contribution in [1.29, 1.82) is 0 Å². The minimum atomic E-state index is -0.547. The lowest BCUT2D eigenvalue weighted by Gasteiger charge is -2.13. The largest absolute Gasteiger partial charge is 0.487 e. The molecule has 0 aliphatic carbocycles. The molecule has 0 unspecified atom stereocenters. The van der Waals surface area contributed by atoms with Crippen LogP contribution in [0.5, 0.6) is 5.75 Å². The number of carbonyl (C=O) groups is 1. The molecular weight excluding hydrogens is 398 g/mol. The Hall–Kier alpha value is -3.46. The highest BCUT2D eigenvalue weighted by Gasteiger charge is 2.19. The zero-order valence-electron chi connectivity index (χ0n) is 18.0. The van der Waals surface area contributed by atoms with Crippen molar-refractivity contribution in [3.63, 3.8) is 0 Å². The van der Waals surface area contributed by atoms with Gasteiger partial charge in [-0.3, -0.25) is 14.9 Å². The summed E-state index contributed by atoms with van der Waals surface area (Å²) < 4.78 is 7.44. The number of hydrogen-bond donors (Lipinski definition) is 1. The van der Waals surface area contributed by atoms with Crippen LogP contribution in [0.15, 0.2) is 42.5 Å². The van der Waals surface area contributed by atoms with Gasteiger partial charge in [-0.15, -0.1) is 0 Å². The van der Waals surface area contributed by atoms with Crippen molar-refractivity contribution in [2.45, 2.75) is 19.9 Å². The number of hydrogen-bond acceptors (Lipinski definition) is 6. The number of benzene rings is 2. The molecule has 0 saturated heterocycles. The summed E-state index contributed by atoms with van der Waals surface area (Å²) in [5.41, 5.74) is 1.98. The average molecular weight is 425 g/mol. The molecule has 0 bridgehead atoms. The molecule has 1 heterocycles. The first-order valence-electron chi connectivity index (χ1n) is 10.2. The van der Waals surface area contributed by atoms with Crippen LogP contribution in [0.3, 0.4) is 0 Å². The van der Waals surface area contributed by atoms with Gasteiger partial charge in [-0.05, 0) is 45.3 Å². The van der Waals surface area contributed by atoms with Crippen molar-refractivity contribution < 1.29 is 14.5 Å². The van der Waals surface area contributed by atoms with Gasteiger partial charge in [0.2, 0.25) is 0 Å². The highest BCUT2D eigenvalue weighted by atomic mass is 16.6. The third-order valence-electron chi connectivity index (χ3n) is 4.86. The smallest absolute Gasteiger partial charge is 0.311 e. The van der Waals surface area contributed by atoms with Crippen LogP contribution in [0, 0.1) is 10.1 Å². The first-order valence-corrected chi connectivity index (χ1v) is 10.2. The second kappa shape index (κ2) is 10.0. The quantitative estimate of drug-likeness (QED) is 0.396. The number of nitrogens with one attached hydrogen (secondary N) is 1. The maximum Gasteiger partial charge on any atom is 0.311 e. The number of fused-ring (bicyclic) bond motifs is 1. The van der Waals surface area contributed by atoms with Gasteiger partial charge in [-0.1, -0.05) is 12.1 Å². The first-order chi connectivity index (χ1) is 14.9. The molecule has 2 aromatic carbocycles. The van der Waals surface area contributed by atoms with Gasteiger partial charge in [0, 0.05) is 37.7 Å². The van der Waals surface area contributed by atoms with Crippen molar-refractivity contribution in [3.05, 3.63) is 64.0 Å². The number of nitro benzene ring substituents is 1. The Kier molecular flexibility index (Phi) is 7.19. The summed E-state index contributed by atoms with van der Waals surface area (Å²) >= 11 is 0. The summed E-state index contributed by atoms with van der Waals surface area (Å²) in [7, 11) is 4.05. The van der Waals surface area contributed by atoms with E-state index in [1.165, 1.54) is 18.2 Å². The van der Waals surface area contributed by atoms with Crippen LogP contribution in [0.1, 0.15) is 23.1 Å². The van der Waals surface area contributed by atoms with Crippen LogP contribution in [-0.4, -0.2) is 59.1 Å². The molecule has 0 aliphatic rings. The molecule has 1 aromatic heterocycles. The van der Waals surface area contributed by atoms with Crippen molar-refractivity contribution in [3.8, 4) is 5.75 Å². The SMILES string of the molecule is CCOc1ccc(C(=O)NCCc2nc3ccccc3n2CCN(C)C)cc1[N+](=O)[O-]. The summed E-state index contributed by atoms with van der Waals surface area (Å²) in [6.45, 7) is 4.08. The number of aromatic nitrogens is 2. The summed E-state index contributed by atoms with van der Waals surface area (Å²) in [6, 6.07) is 12.2. The molecule has 0 fully saturated rings. The highest BCUT2D eigenvalue weighted by Crippen LogP contribution is 2.28. The Morgan fingerprint density at radius 3 is 2.74 bits per heavy atom.